The van der Waals surface area contributed by atoms with E-state index in [1.165, 1.54) is 11.1 Å². The molecule has 1 amide bonds. The molecule has 1 fully saturated rings. The molecular weight excluding hydrogens is 332 g/mol. The SMILES string of the molecule is Cc1ccc(C(N)C(=O)NC2CCC(c3ccccc3)CC2)cc1.Cl. The van der Waals surface area contributed by atoms with Crippen LogP contribution in [0.2, 0.25) is 0 Å². The molecule has 1 atom stereocenters. The fourth-order valence-corrected chi connectivity index (χ4v) is 3.51. The molecule has 134 valence electrons. The molecule has 25 heavy (non-hydrogen) atoms. The zero-order chi connectivity index (χ0) is 16.9. The van der Waals surface area contributed by atoms with Crippen LogP contribution in [0.1, 0.15) is 54.3 Å². The molecule has 0 aliphatic heterocycles. The van der Waals surface area contributed by atoms with Crippen LogP contribution in [0.15, 0.2) is 54.6 Å². The average molecular weight is 359 g/mol. The molecule has 0 radical (unpaired) electrons. The van der Waals surface area contributed by atoms with Gasteiger partial charge in [0.25, 0.3) is 0 Å². The summed E-state index contributed by atoms with van der Waals surface area (Å²) in [5.41, 5.74) is 9.57. The van der Waals surface area contributed by atoms with Gasteiger partial charge in [-0.2, -0.15) is 0 Å². The van der Waals surface area contributed by atoms with E-state index in [9.17, 15) is 4.79 Å². The monoisotopic (exact) mass is 358 g/mol. The van der Waals surface area contributed by atoms with Crippen molar-refractivity contribution in [2.45, 2.75) is 50.6 Å². The minimum Gasteiger partial charge on any atom is -0.352 e. The Hall–Kier alpha value is -1.84. The molecule has 1 saturated carbocycles. The second-order valence-corrected chi connectivity index (χ2v) is 6.86. The number of carbonyl (C=O) groups excluding carboxylic acids is 1. The van der Waals surface area contributed by atoms with Crippen LogP contribution in [0, 0.1) is 6.92 Å². The van der Waals surface area contributed by atoms with Gasteiger partial charge in [-0.05, 0) is 49.7 Å². The first-order chi connectivity index (χ1) is 11.6. The molecule has 0 saturated heterocycles. The summed E-state index contributed by atoms with van der Waals surface area (Å²) in [7, 11) is 0. The Morgan fingerprint density at radius 1 is 1.00 bits per heavy atom. The molecule has 0 heterocycles. The van der Waals surface area contributed by atoms with Gasteiger partial charge in [0.05, 0.1) is 0 Å². The number of nitrogens with two attached hydrogens (primary N) is 1. The summed E-state index contributed by atoms with van der Waals surface area (Å²) in [6, 6.07) is 18.2. The molecule has 3 N–H and O–H groups in total. The van der Waals surface area contributed by atoms with Crippen molar-refractivity contribution < 1.29 is 4.79 Å². The van der Waals surface area contributed by atoms with Gasteiger partial charge in [0.15, 0.2) is 0 Å². The number of rotatable bonds is 4. The molecule has 3 rings (SSSR count). The smallest absolute Gasteiger partial charge is 0.241 e. The quantitative estimate of drug-likeness (QED) is 0.857. The maximum Gasteiger partial charge on any atom is 0.241 e. The predicted octanol–water partition coefficient (Wildman–Crippen LogP) is 4.26. The topological polar surface area (TPSA) is 55.1 Å². The van der Waals surface area contributed by atoms with Crippen LogP contribution in [0.4, 0.5) is 0 Å². The number of carbonyl (C=O) groups is 1. The first-order valence-corrected chi connectivity index (χ1v) is 8.81. The average Bonchev–Trinajstić information content (AvgIpc) is 2.63. The first-order valence-electron chi connectivity index (χ1n) is 8.81. The van der Waals surface area contributed by atoms with Gasteiger partial charge in [-0.15, -0.1) is 12.4 Å². The van der Waals surface area contributed by atoms with E-state index in [0.29, 0.717) is 5.92 Å². The largest absolute Gasteiger partial charge is 0.352 e. The van der Waals surface area contributed by atoms with Gasteiger partial charge in [-0.25, -0.2) is 0 Å². The molecule has 4 heteroatoms. The molecule has 1 aliphatic rings. The van der Waals surface area contributed by atoms with Crippen LogP contribution in [0.25, 0.3) is 0 Å². The third kappa shape index (κ3) is 5.07. The van der Waals surface area contributed by atoms with Crippen LogP contribution < -0.4 is 11.1 Å². The lowest BCUT2D eigenvalue weighted by molar-refractivity contribution is -0.123. The highest BCUT2D eigenvalue weighted by molar-refractivity contribution is 5.85. The third-order valence-corrected chi connectivity index (χ3v) is 5.06. The van der Waals surface area contributed by atoms with E-state index in [2.05, 4.69) is 35.6 Å². The van der Waals surface area contributed by atoms with E-state index in [0.717, 1.165) is 31.2 Å². The molecule has 0 spiro atoms. The van der Waals surface area contributed by atoms with Crippen molar-refractivity contribution in [3.05, 3.63) is 71.3 Å². The fraction of sp³-hybridized carbons (Fsp3) is 0.381. The Balaban J connectivity index is 0.00000225. The molecule has 0 bridgehead atoms. The summed E-state index contributed by atoms with van der Waals surface area (Å²) in [6.07, 6.45) is 4.28. The lowest BCUT2D eigenvalue weighted by Crippen LogP contribution is -2.42. The molecule has 1 unspecified atom stereocenters. The maximum absolute atomic E-state index is 12.4. The van der Waals surface area contributed by atoms with Gasteiger partial charge in [0, 0.05) is 6.04 Å². The Labute approximate surface area is 156 Å². The normalized spacial score (nSPS) is 21.0. The van der Waals surface area contributed by atoms with Gasteiger partial charge in [-0.1, -0.05) is 60.2 Å². The van der Waals surface area contributed by atoms with E-state index < -0.39 is 6.04 Å². The highest BCUT2D eigenvalue weighted by Gasteiger charge is 2.25. The zero-order valence-electron chi connectivity index (χ0n) is 14.7. The minimum atomic E-state index is -0.586. The standard InChI is InChI=1S/C21H26N2O.ClH/c1-15-7-9-18(10-8-15)20(22)21(24)23-19-13-11-17(12-14-19)16-5-3-2-4-6-16;/h2-10,17,19-20H,11-14,22H2,1H3,(H,23,24);1H. The van der Waals surface area contributed by atoms with Gasteiger partial charge < -0.3 is 11.1 Å². The van der Waals surface area contributed by atoms with E-state index >= 15 is 0 Å². The van der Waals surface area contributed by atoms with Gasteiger partial charge in [0.1, 0.15) is 6.04 Å². The summed E-state index contributed by atoms with van der Waals surface area (Å²) in [4.78, 5) is 12.4. The number of amides is 1. The number of nitrogens with one attached hydrogen (secondary N) is 1. The molecule has 3 nitrogen and oxygen atoms in total. The molecule has 1 aliphatic carbocycles. The van der Waals surface area contributed by atoms with E-state index in [1.54, 1.807) is 0 Å². The number of halogens is 1. The van der Waals surface area contributed by atoms with Crippen molar-refractivity contribution in [2.75, 3.05) is 0 Å². The van der Waals surface area contributed by atoms with Crippen LogP contribution in [0.5, 0.6) is 0 Å². The van der Waals surface area contributed by atoms with Crippen molar-refractivity contribution in [1.29, 1.82) is 0 Å². The number of aryl methyl sites for hydroxylation is 1. The minimum absolute atomic E-state index is 0. The van der Waals surface area contributed by atoms with E-state index in [1.807, 2.05) is 31.2 Å². The van der Waals surface area contributed by atoms with Crippen LogP contribution in [-0.2, 0) is 4.79 Å². The summed E-state index contributed by atoms with van der Waals surface area (Å²) in [5.74, 6) is 0.548. The van der Waals surface area contributed by atoms with Crippen molar-refractivity contribution in [3.63, 3.8) is 0 Å². The van der Waals surface area contributed by atoms with Crippen LogP contribution in [-0.4, -0.2) is 11.9 Å². The molecule has 2 aromatic carbocycles. The number of hydrogen-bond acceptors (Lipinski definition) is 2. The lowest BCUT2D eigenvalue weighted by Gasteiger charge is -2.30. The van der Waals surface area contributed by atoms with E-state index in [-0.39, 0.29) is 24.4 Å². The van der Waals surface area contributed by atoms with Crippen LogP contribution >= 0.6 is 12.4 Å². The first kappa shape index (κ1) is 19.5. The lowest BCUT2D eigenvalue weighted by atomic mass is 9.81. The highest BCUT2D eigenvalue weighted by Crippen LogP contribution is 2.32. The van der Waals surface area contributed by atoms with Crippen LogP contribution in [0.3, 0.4) is 0 Å². The van der Waals surface area contributed by atoms with Gasteiger partial charge >= 0.3 is 0 Å². The van der Waals surface area contributed by atoms with Crippen molar-refractivity contribution in [2.24, 2.45) is 5.73 Å². The van der Waals surface area contributed by atoms with Crippen molar-refractivity contribution in [3.8, 4) is 0 Å². The number of hydrogen-bond donors (Lipinski definition) is 2. The Kier molecular flexibility index (Phi) is 7.03. The Morgan fingerprint density at radius 3 is 2.20 bits per heavy atom. The van der Waals surface area contributed by atoms with E-state index in [4.69, 9.17) is 5.73 Å². The van der Waals surface area contributed by atoms with Crippen molar-refractivity contribution >= 4 is 18.3 Å². The summed E-state index contributed by atoms with van der Waals surface area (Å²) in [5, 5.41) is 3.14. The number of benzene rings is 2. The van der Waals surface area contributed by atoms with Gasteiger partial charge in [0.2, 0.25) is 5.91 Å². The Bertz CT molecular complexity index is 664. The molecule has 0 aromatic heterocycles. The highest BCUT2D eigenvalue weighted by atomic mass is 35.5. The maximum atomic E-state index is 12.4. The summed E-state index contributed by atoms with van der Waals surface area (Å²) in [6.45, 7) is 2.03. The van der Waals surface area contributed by atoms with Crippen molar-refractivity contribution in [1.82, 2.24) is 5.32 Å². The second kappa shape index (κ2) is 9.02. The molecule has 2 aromatic rings. The fourth-order valence-electron chi connectivity index (χ4n) is 3.51. The summed E-state index contributed by atoms with van der Waals surface area (Å²) >= 11 is 0. The predicted molar refractivity (Wildman–Crippen MR) is 105 cm³/mol. The van der Waals surface area contributed by atoms with Gasteiger partial charge in [-0.3, -0.25) is 4.79 Å². The molecular formula is C21H27ClN2O. The third-order valence-electron chi connectivity index (χ3n) is 5.06. The zero-order valence-corrected chi connectivity index (χ0v) is 15.5. The second-order valence-electron chi connectivity index (χ2n) is 6.86. The summed E-state index contributed by atoms with van der Waals surface area (Å²) < 4.78 is 0. The Morgan fingerprint density at radius 2 is 1.60 bits per heavy atom.